The Morgan fingerprint density at radius 1 is 1.19 bits per heavy atom. The highest BCUT2D eigenvalue weighted by Crippen LogP contribution is 2.17. The Bertz CT molecular complexity index is 1020. The van der Waals surface area contributed by atoms with E-state index < -0.39 is 0 Å². The van der Waals surface area contributed by atoms with Crippen LogP contribution in [0, 0.1) is 6.92 Å². The fourth-order valence-corrected chi connectivity index (χ4v) is 2.94. The smallest absolute Gasteiger partial charge is 0.261 e. The average molecular weight is 350 g/mol. The van der Waals surface area contributed by atoms with Crippen molar-refractivity contribution < 1.29 is 9.53 Å². The molecular formula is C19H18N4O3. The van der Waals surface area contributed by atoms with Gasteiger partial charge in [-0.1, -0.05) is 18.2 Å². The number of aryl methyl sites for hydroxylation is 1. The molecule has 0 bridgehead atoms. The topological polar surface area (TPSA) is 77.3 Å². The average Bonchev–Trinajstić information content (AvgIpc) is 2.60. The van der Waals surface area contributed by atoms with Gasteiger partial charge in [-0.3, -0.25) is 14.2 Å². The summed E-state index contributed by atoms with van der Waals surface area (Å²) in [5.74, 6) is 0.443. The van der Waals surface area contributed by atoms with Crippen molar-refractivity contribution in [1.29, 1.82) is 0 Å². The molecule has 1 aromatic carbocycles. The molecule has 1 fully saturated rings. The van der Waals surface area contributed by atoms with E-state index in [9.17, 15) is 9.59 Å². The van der Waals surface area contributed by atoms with Gasteiger partial charge in [-0.25, -0.2) is 9.97 Å². The molecule has 0 spiro atoms. The van der Waals surface area contributed by atoms with Gasteiger partial charge in [0.2, 0.25) is 11.8 Å². The predicted octanol–water partition coefficient (Wildman–Crippen LogP) is 1.39. The largest absolute Gasteiger partial charge is 0.471 e. The molecule has 1 saturated heterocycles. The Morgan fingerprint density at radius 3 is 2.81 bits per heavy atom. The second kappa shape index (κ2) is 6.59. The van der Waals surface area contributed by atoms with E-state index in [-0.39, 0.29) is 24.1 Å². The molecule has 1 aliphatic rings. The van der Waals surface area contributed by atoms with Gasteiger partial charge in [-0.05, 0) is 25.1 Å². The molecule has 0 N–H and O–H groups in total. The molecular weight excluding hydrogens is 332 g/mol. The summed E-state index contributed by atoms with van der Waals surface area (Å²) in [4.78, 5) is 35.1. The Balaban J connectivity index is 1.38. The molecule has 132 valence electrons. The first-order chi connectivity index (χ1) is 12.6. The molecule has 0 atom stereocenters. The number of benzene rings is 1. The number of nitrogens with zero attached hydrogens (tertiary/aromatic N) is 4. The Morgan fingerprint density at radius 2 is 2.00 bits per heavy atom. The van der Waals surface area contributed by atoms with Crippen molar-refractivity contribution in [3.05, 3.63) is 64.8 Å². The Hall–Kier alpha value is -3.22. The summed E-state index contributed by atoms with van der Waals surface area (Å²) in [5.41, 5.74) is 1.31. The number of ether oxygens (including phenoxy) is 1. The lowest BCUT2D eigenvalue weighted by atomic mass is 10.1. The highest BCUT2D eigenvalue weighted by Gasteiger charge is 2.32. The molecule has 0 aliphatic carbocycles. The first-order valence-corrected chi connectivity index (χ1v) is 8.42. The molecule has 3 aromatic rings. The van der Waals surface area contributed by atoms with Crippen molar-refractivity contribution in [3.63, 3.8) is 0 Å². The number of para-hydroxylation sites is 1. The van der Waals surface area contributed by atoms with Crippen molar-refractivity contribution >= 4 is 16.8 Å². The molecule has 7 heteroatoms. The number of rotatable bonds is 4. The van der Waals surface area contributed by atoms with Crippen LogP contribution in [0.2, 0.25) is 0 Å². The number of likely N-dealkylation sites (tertiary alicyclic amines) is 1. The molecule has 3 heterocycles. The SMILES string of the molecule is Cc1cccc(OC2CN(C(=O)Cn3cnc4ccccc4c3=O)C2)n1. The molecule has 1 amide bonds. The van der Waals surface area contributed by atoms with E-state index in [0.29, 0.717) is 29.9 Å². The lowest BCUT2D eigenvalue weighted by Gasteiger charge is -2.38. The molecule has 0 radical (unpaired) electrons. The summed E-state index contributed by atoms with van der Waals surface area (Å²) in [6.45, 7) is 2.86. The third-order valence-electron chi connectivity index (χ3n) is 4.39. The normalized spacial score (nSPS) is 14.3. The van der Waals surface area contributed by atoms with E-state index in [4.69, 9.17) is 4.74 Å². The van der Waals surface area contributed by atoms with Crippen LogP contribution in [0.15, 0.2) is 53.6 Å². The summed E-state index contributed by atoms with van der Waals surface area (Å²) in [5, 5.41) is 0.512. The molecule has 7 nitrogen and oxygen atoms in total. The molecule has 4 rings (SSSR count). The van der Waals surface area contributed by atoms with E-state index in [2.05, 4.69) is 9.97 Å². The third-order valence-corrected chi connectivity index (χ3v) is 4.39. The minimum Gasteiger partial charge on any atom is -0.471 e. The van der Waals surface area contributed by atoms with Crippen molar-refractivity contribution in [2.24, 2.45) is 0 Å². The molecule has 26 heavy (non-hydrogen) atoms. The predicted molar refractivity (Wildman–Crippen MR) is 96.0 cm³/mol. The van der Waals surface area contributed by atoms with E-state index in [1.165, 1.54) is 10.9 Å². The third kappa shape index (κ3) is 3.15. The maximum absolute atomic E-state index is 12.4. The van der Waals surface area contributed by atoms with Gasteiger partial charge in [0.15, 0.2) is 0 Å². The fraction of sp³-hybridized carbons (Fsp3) is 0.263. The number of fused-ring (bicyclic) bond motifs is 1. The van der Waals surface area contributed by atoms with Crippen LogP contribution in [-0.2, 0) is 11.3 Å². The van der Waals surface area contributed by atoms with E-state index in [1.807, 2.05) is 25.1 Å². The van der Waals surface area contributed by atoms with Crippen molar-refractivity contribution in [1.82, 2.24) is 19.4 Å². The summed E-state index contributed by atoms with van der Waals surface area (Å²) >= 11 is 0. The van der Waals surface area contributed by atoms with Gasteiger partial charge in [0.25, 0.3) is 5.56 Å². The van der Waals surface area contributed by atoms with Gasteiger partial charge in [-0.2, -0.15) is 0 Å². The second-order valence-electron chi connectivity index (χ2n) is 6.35. The monoisotopic (exact) mass is 350 g/mol. The van der Waals surface area contributed by atoms with Gasteiger partial charge < -0.3 is 9.64 Å². The van der Waals surface area contributed by atoms with Crippen LogP contribution < -0.4 is 10.3 Å². The lowest BCUT2D eigenvalue weighted by molar-refractivity contribution is -0.140. The van der Waals surface area contributed by atoms with Crippen LogP contribution in [0.5, 0.6) is 5.88 Å². The minimum atomic E-state index is -0.207. The first kappa shape index (κ1) is 16.3. The molecule has 1 aliphatic heterocycles. The number of amides is 1. The van der Waals surface area contributed by atoms with Crippen molar-refractivity contribution in [2.45, 2.75) is 19.6 Å². The summed E-state index contributed by atoms with van der Waals surface area (Å²) < 4.78 is 7.11. The van der Waals surface area contributed by atoms with Gasteiger partial charge in [0.05, 0.1) is 30.3 Å². The van der Waals surface area contributed by atoms with Crippen LogP contribution in [0.1, 0.15) is 5.69 Å². The number of carbonyl (C=O) groups excluding carboxylic acids is 1. The fourth-order valence-electron chi connectivity index (χ4n) is 2.94. The Kier molecular flexibility index (Phi) is 4.12. The van der Waals surface area contributed by atoms with Gasteiger partial charge in [0.1, 0.15) is 12.6 Å². The van der Waals surface area contributed by atoms with Gasteiger partial charge >= 0.3 is 0 Å². The quantitative estimate of drug-likeness (QED) is 0.711. The minimum absolute atomic E-state index is 0.0217. The highest BCUT2D eigenvalue weighted by atomic mass is 16.5. The molecule has 0 saturated carbocycles. The van der Waals surface area contributed by atoms with Crippen molar-refractivity contribution in [2.75, 3.05) is 13.1 Å². The highest BCUT2D eigenvalue weighted by molar-refractivity contribution is 5.79. The van der Waals surface area contributed by atoms with E-state index in [1.54, 1.807) is 29.2 Å². The molecule has 2 aromatic heterocycles. The van der Waals surface area contributed by atoms with Crippen LogP contribution >= 0.6 is 0 Å². The summed E-state index contributed by atoms with van der Waals surface area (Å²) in [6, 6.07) is 12.7. The second-order valence-corrected chi connectivity index (χ2v) is 6.35. The van der Waals surface area contributed by atoms with Crippen LogP contribution in [0.25, 0.3) is 10.9 Å². The first-order valence-electron chi connectivity index (χ1n) is 8.42. The number of hydrogen-bond donors (Lipinski definition) is 0. The van der Waals surface area contributed by atoms with Crippen molar-refractivity contribution in [3.8, 4) is 5.88 Å². The zero-order chi connectivity index (χ0) is 18.1. The summed E-state index contributed by atoms with van der Waals surface area (Å²) in [7, 11) is 0. The summed E-state index contributed by atoms with van der Waals surface area (Å²) in [6.07, 6.45) is 1.35. The van der Waals surface area contributed by atoms with E-state index >= 15 is 0 Å². The standard InChI is InChI=1S/C19H18N4O3/c1-13-5-4-8-17(21-13)26-14-9-22(10-14)18(24)11-23-12-20-16-7-3-2-6-15(16)19(23)25/h2-8,12,14H,9-11H2,1H3. The van der Waals surface area contributed by atoms with Crippen LogP contribution in [0.4, 0.5) is 0 Å². The molecule has 0 unspecified atom stereocenters. The van der Waals surface area contributed by atoms with Crippen LogP contribution in [0.3, 0.4) is 0 Å². The van der Waals surface area contributed by atoms with Crippen LogP contribution in [-0.4, -0.2) is 44.5 Å². The number of carbonyl (C=O) groups is 1. The zero-order valence-corrected chi connectivity index (χ0v) is 14.3. The maximum atomic E-state index is 12.4. The van der Waals surface area contributed by atoms with E-state index in [0.717, 1.165) is 5.69 Å². The maximum Gasteiger partial charge on any atom is 0.261 e. The van der Waals surface area contributed by atoms with Gasteiger partial charge in [0, 0.05) is 11.8 Å². The Labute approximate surface area is 149 Å². The zero-order valence-electron chi connectivity index (χ0n) is 14.3. The van der Waals surface area contributed by atoms with Gasteiger partial charge in [-0.15, -0.1) is 0 Å². The lowest BCUT2D eigenvalue weighted by Crippen LogP contribution is -2.57. The number of hydrogen-bond acceptors (Lipinski definition) is 5. The number of aromatic nitrogens is 3. The number of pyridine rings is 1.